The fourth-order valence-corrected chi connectivity index (χ4v) is 2.74. The van der Waals surface area contributed by atoms with Gasteiger partial charge >= 0.3 is 0 Å². The molecule has 1 aromatic heterocycles. The first-order valence-electron chi connectivity index (χ1n) is 7.57. The predicted octanol–water partition coefficient (Wildman–Crippen LogP) is 2.53. The minimum absolute atomic E-state index is 0.0347. The first-order valence-corrected chi connectivity index (χ1v) is 7.57. The average Bonchev–Trinajstić information content (AvgIpc) is 3.38. The van der Waals surface area contributed by atoms with Crippen molar-refractivity contribution in [1.82, 2.24) is 10.3 Å². The van der Waals surface area contributed by atoms with Gasteiger partial charge in [-0.05, 0) is 37.8 Å². The van der Waals surface area contributed by atoms with Crippen LogP contribution in [0.4, 0.5) is 0 Å². The number of para-hydroxylation sites is 1. The summed E-state index contributed by atoms with van der Waals surface area (Å²) in [7, 11) is 0. The van der Waals surface area contributed by atoms with Gasteiger partial charge in [0.25, 0.3) is 0 Å². The maximum Gasteiger partial charge on any atom is 0.244 e. The number of hydrogen-bond donors (Lipinski definition) is 2. The summed E-state index contributed by atoms with van der Waals surface area (Å²) in [5.74, 6) is 0.199. The minimum atomic E-state index is -0.515. The third-order valence-electron chi connectivity index (χ3n) is 4.29. The Labute approximate surface area is 129 Å². The number of hydrogen-bond acceptors (Lipinski definition) is 3. The average molecular weight is 296 g/mol. The second-order valence-corrected chi connectivity index (χ2v) is 6.09. The summed E-state index contributed by atoms with van der Waals surface area (Å²) in [5, 5.41) is 13.5. The third-order valence-corrected chi connectivity index (χ3v) is 4.29. The van der Waals surface area contributed by atoms with E-state index in [2.05, 4.69) is 10.3 Å². The maximum atomic E-state index is 12.1. The normalized spacial score (nSPS) is 17.5. The first-order chi connectivity index (χ1) is 10.6. The predicted molar refractivity (Wildman–Crippen MR) is 87.1 cm³/mol. The number of carbonyl (C=O) groups is 1. The zero-order valence-electron chi connectivity index (χ0n) is 12.6. The van der Waals surface area contributed by atoms with Gasteiger partial charge in [0, 0.05) is 23.2 Å². The Hall–Kier alpha value is -2.20. The largest absolute Gasteiger partial charge is 0.394 e. The molecule has 0 saturated heterocycles. The van der Waals surface area contributed by atoms with Crippen LogP contribution in [0.3, 0.4) is 0 Å². The lowest BCUT2D eigenvalue weighted by Gasteiger charge is -2.28. The summed E-state index contributed by atoms with van der Waals surface area (Å²) in [6.45, 7) is 1.86. The summed E-state index contributed by atoms with van der Waals surface area (Å²) in [6, 6.07) is 9.77. The van der Waals surface area contributed by atoms with Crippen LogP contribution in [0.25, 0.3) is 17.0 Å². The zero-order valence-corrected chi connectivity index (χ0v) is 12.6. The molecule has 1 aromatic carbocycles. The summed E-state index contributed by atoms with van der Waals surface area (Å²) in [5.41, 5.74) is 1.27. The molecule has 2 N–H and O–H groups in total. The van der Waals surface area contributed by atoms with E-state index in [4.69, 9.17) is 0 Å². The number of aliphatic hydroxyl groups is 1. The fourth-order valence-electron chi connectivity index (χ4n) is 2.74. The van der Waals surface area contributed by atoms with Gasteiger partial charge in [0.15, 0.2) is 0 Å². The van der Waals surface area contributed by atoms with Crippen LogP contribution in [-0.4, -0.2) is 28.1 Å². The van der Waals surface area contributed by atoms with Gasteiger partial charge in [-0.15, -0.1) is 0 Å². The van der Waals surface area contributed by atoms with Crippen LogP contribution in [0.5, 0.6) is 0 Å². The van der Waals surface area contributed by atoms with Crippen molar-refractivity contribution in [2.24, 2.45) is 5.92 Å². The van der Waals surface area contributed by atoms with Crippen molar-refractivity contribution in [1.29, 1.82) is 0 Å². The highest BCUT2D eigenvalue weighted by molar-refractivity contribution is 5.95. The van der Waals surface area contributed by atoms with Crippen molar-refractivity contribution in [2.45, 2.75) is 25.3 Å². The van der Waals surface area contributed by atoms with Crippen LogP contribution >= 0.6 is 0 Å². The number of aromatic nitrogens is 1. The summed E-state index contributed by atoms with van der Waals surface area (Å²) in [6.07, 6.45) is 7.16. The van der Waals surface area contributed by atoms with Crippen LogP contribution < -0.4 is 5.32 Å². The Morgan fingerprint density at radius 1 is 1.41 bits per heavy atom. The van der Waals surface area contributed by atoms with E-state index >= 15 is 0 Å². The van der Waals surface area contributed by atoms with E-state index in [1.807, 2.05) is 37.3 Å². The van der Waals surface area contributed by atoms with Gasteiger partial charge in [-0.25, -0.2) is 0 Å². The number of nitrogens with one attached hydrogen (secondary N) is 1. The van der Waals surface area contributed by atoms with Gasteiger partial charge in [0.05, 0.1) is 17.7 Å². The number of amides is 1. The van der Waals surface area contributed by atoms with Gasteiger partial charge in [-0.2, -0.15) is 0 Å². The molecule has 1 atom stereocenters. The maximum absolute atomic E-state index is 12.1. The highest BCUT2D eigenvalue weighted by Crippen LogP contribution is 2.39. The van der Waals surface area contributed by atoms with E-state index in [1.54, 1.807) is 12.3 Å². The molecule has 1 aliphatic rings. The van der Waals surface area contributed by atoms with Crippen molar-refractivity contribution in [2.75, 3.05) is 6.61 Å². The second-order valence-electron chi connectivity index (χ2n) is 6.09. The lowest BCUT2D eigenvalue weighted by Crippen LogP contribution is -2.50. The van der Waals surface area contributed by atoms with E-state index < -0.39 is 5.54 Å². The van der Waals surface area contributed by atoms with E-state index in [0.717, 1.165) is 29.3 Å². The van der Waals surface area contributed by atoms with Crippen LogP contribution in [0, 0.1) is 5.92 Å². The van der Waals surface area contributed by atoms with E-state index in [9.17, 15) is 9.90 Å². The highest BCUT2D eigenvalue weighted by Gasteiger charge is 2.41. The Balaban J connectivity index is 1.76. The summed E-state index contributed by atoms with van der Waals surface area (Å²) < 4.78 is 0. The molecule has 1 saturated carbocycles. The fraction of sp³-hybridized carbons (Fsp3) is 0.333. The zero-order chi connectivity index (χ0) is 15.6. The molecule has 1 unspecified atom stereocenters. The lowest BCUT2D eigenvalue weighted by atomic mass is 9.97. The monoisotopic (exact) mass is 296 g/mol. The molecule has 2 aromatic rings. The number of aliphatic hydroxyl groups excluding tert-OH is 1. The summed E-state index contributed by atoms with van der Waals surface area (Å²) in [4.78, 5) is 16.5. The summed E-state index contributed by atoms with van der Waals surface area (Å²) >= 11 is 0. The lowest BCUT2D eigenvalue weighted by molar-refractivity contribution is -0.119. The third kappa shape index (κ3) is 3.02. The molecule has 0 aliphatic heterocycles. The van der Waals surface area contributed by atoms with E-state index in [0.29, 0.717) is 5.92 Å². The van der Waals surface area contributed by atoms with E-state index in [1.165, 1.54) is 6.08 Å². The smallest absolute Gasteiger partial charge is 0.244 e. The van der Waals surface area contributed by atoms with Crippen LogP contribution in [0.2, 0.25) is 0 Å². The van der Waals surface area contributed by atoms with Crippen molar-refractivity contribution in [3.05, 3.63) is 48.2 Å². The number of rotatable bonds is 5. The molecule has 0 spiro atoms. The standard InChI is InChI=1S/C18H20N2O2/c1-18(12-21,15-8-9-15)20-16(22)10-7-14-5-2-4-13-6-3-11-19-17(13)14/h2-7,10-11,15,21H,8-9,12H2,1H3,(H,20,22)/b10-7+. The molecular formula is C18H20N2O2. The molecular weight excluding hydrogens is 276 g/mol. The van der Waals surface area contributed by atoms with Crippen molar-refractivity contribution < 1.29 is 9.90 Å². The molecule has 3 rings (SSSR count). The SMILES string of the molecule is CC(CO)(NC(=O)/C=C/c1cccc2cccnc12)C1CC1. The number of pyridine rings is 1. The molecule has 114 valence electrons. The van der Waals surface area contributed by atoms with Crippen molar-refractivity contribution >= 4 is 22.9 Å². The van der Waals surface area contributed by atoms with Crippen LogP contribution in [0.1, 0.15) is 25.3 Å². The minimum Gasteiger partial charge on any atom is -0.394 e. The molecule has 1 amide bonds. The molecule has 0 radical (unpaired) electrons. The Bertz CT molecular complexity index is 717. The highest BCUT2D eigenvalue weighted by atomic mass is 16.3. The number of fused-ring (bicyclic) bond motifs is 1. The topological polar surface area (TPSA) is 62.2 Å². The Morgan fingerprint density at radius 3 is 2.91 bits per heavy atom. The van der Waals surface area contributed by atoms with Crippen LogP contribution in [0.15, 0.2) is 42.6 Å². The molecule has 1 aliphatic carbocycles. The van der Waals surface area contributed by atoms with Crippen molar-refractivity contribution in [3.63, 3.8) is 0 Å². The molecule has 0 bridgehead atoms. The number of benzene rings is 1. The van der Waals surface area contributed by atoms with Gasteiger partial charge < -0.3 is 10.4 Å². The second kappa shape index (κ2) is 5.89. The van der Waals surface area contributed by atoms with Gasteiger partial charge in [0.2, 0.25) is 5.91 Å². The van der Waals surface area contributed by atoms with Gasteiger partial charge in [-0.3, -0.25) is 9.78 Å². The molecule has 4 nitrogen and oxygen atoms in total. The van der Waals surface area contributed by atoms with Crippen molar-refractivity contribution in [3.8, 4) is 0 Å². The molecule has 22 heavy (non-hydrogen) atoms. The van der Waals surface area contributed by atoms with Crippen LogP contribution in [-0.2, 0) is 4.79 Å². The van der Waals surface area contributed by atoms with Gasteiger partial charge in [0.1, 0.15) is 0 Å². The number of carbonyl (C=O) groups excluding carboxylic acids is 1. The molecule has 1 heterocycles. The number of nitrogens with zero attached hydrogens (tertiary/aromatic N) is 1. The quantitative estimate of drug-likeness (QED) is 0.833. The van der Waals surface area contributed by atoms with E-state index in [-0.39, 0.29) is 12.5 Å². The molecule has 1 fully saturated rings. The Kier molecular flexibility index (Phi) is 3.94. The Morgan fingerprint density at radius 2 is 2.18 bits per heavy atom. The van der Waals surface area contributed by atoms with Gasteiger partial charge in [-0.1, -0.05) is 24.3 Å². The molecule has 4 heteroatoms. The first kappa shape index (κ1) is 14.7.